The Morgan fingerprint density at radius 1 is 1.05 bits per heavy atom. The number of fused-ring (bicyclic) bond motifs is 2. The summed E-state index contributed by atoms with van der Waals surface area (Å²) in [6.07, 6.45) is 8.17. The van der Waals surface area contributed by atoms with Gasteiger partial charge in [0.05, 0.1) is 33.3 Å². The Balaban J connectivity index is 1.27. The third-order valence-corrected chi connectivity index (χ3v) is 8.32. The topological polar surface area (TPSA) is 103 Å². The maximum absolute atomic E-state index is 11.8. The van der Waals surface area contributed by atoms with Crippen molar-refractivity contribution in [3.63, 3.8) is 0 Å². The number of para-hydroxylation sites is 1. The van der Waals surface area contributed by atoms with Gasteiger partial charge < -0.3 is 4.98 Å². The summed E-state index contributed by atoms with van der Waals surface area (Å²) in [5, 5.41) is 8.63. The van der Waals surface area contributed by atoms with Crippen LogP contribution in [0.3, 0.4) is 0 Å². The van der Waals surface area contributed by atoms with Gasteiger partial charge in [-0.05, 0) is 68.8 Å². The predicted octanol–water partition coefficient (Wildman–Crippen LogP) is 6.09. The summed E-state index contributed by atoms with van der Waals surface area (Å²) in [6.45, 7) is 4.81. The van der Waals surface area contributed by atoms with E-state index in [1.54, 1.807) is 6.92 Å². The van der Waals surface area contributed by atoms with E-state index in [1.165, 1.54) is 29.7 Å². The molecule has 1 aliphatic rings. The second-order valence-corrected chi connectivity index (χ2v) is 10.8. The highest BCUT2D eigenvalue weighted by atomic mass is 32.1. The SMILES string of the molecule is CC(=O)c1ccc(-c2cccc3[nH]c(-c4n[nH]c5cnc(-c6cncc(CN7CCCC7)c6)cc45)nc23)s1. The lowest BCUT2D eigenvalue weighted by molar-refractivity contribution is 0.102. The zero-order valence-corrected chi connectivity index (χ0v) is 21.7. The fourth-order valence-electron chi connectivity index (χ4n) is 5.18. The van der Waals surface area contributed by atoms with E-state index in [9.17, 15) is 4.79 Å². The summed E-state index contributed by atoms with van der Waals surface area (Å²) in [4.78, 5) is 33.6. The zero-order chi connectivity index (χ0) is 25.6. The lowest BCUT2D eigenvalue weighted by atomic mass is 10.1. The molecule has 0 atom stereocenters. The number of carbonyl (C=O) groups is 1. The molecule has 9 heteroatoms. The number of pyridine rings is 2. The minimum absolute atomic E-state index is 0.0697. The number of imidazole rings is 1. The monoisotopic (exact) mass is 519 g/mol. The van der Waals surface area contributed by atoms with Crippen molar-refractivity contribution >= 4 is 39.1 Å². The molecule has 0 radical (unpaired) electrons. The van der Waals surface area contributed by atoms with E-state index in [1.807, 2.05) is 48.9 Å². The number of likely N-dealkylation sites (tertiary alicyclic amines) is 1. The van der Waals surface area contributed by atoms with Crippen LogP contribution in [-0.2, 0) is 6.54 Å². The predicted molar refractivity (Wildman–Crippen MR) is 150 cm³/mol. The molecule has 7 rings (SSSR count). The molecule has 188 valence electrons. The van der Waals surface area contributed by atoms with Gasteiger partial charge in [0.1, 0.15) is 5.69 Å². The molecule has 0 spiro atoms. The number of aromatic nitrogens is 6. The van der Waals surface area contributed by atoms with Crippen LogP contribution in [0, 0.1) is 0 Å². The van der Waals surface area contributed by atoms with Crippen LogP contribution in [0.5, 0.6) is 0 Å². The van der Waals surface area contributed by atoms with Crippen molar-refractivity contribution in [2.24, 2.45) is 0 Å². The number of hydrogen-bond donors (Lipinski definition) is 2. The van der Waals surface area contributed by atoms with Crippen LogP contribution >= 0.6 is 11.3 Å². The van der Waals surface area contributed by atoms with Crippen LogP contribution in [0.4, 0.5) is 0 Å². The van der Waals surface area contributed by atoms with Crippen LogP contribution in [0.1, 0.15) is 35.0 Å². The molecule has 0 saturated carbocycles. The standard InChI is InChI=1S/C29H25N7OS/c1-17(37)25-7-8-26(38-25)20-5-4-6-22-27(20)33-29(32-22)28-21-12-23(31-15-24(21)34-35-28)19-11-18(13-30-14-19)16-36-9-2-3-10-36/h4-8,11-15H,2-3,9-10,16H2,1H3,(H,32,33)(H,34,35). The summed E-state index contributed by atoms with van der Waals surface area (Å²) in [5.74, 6) is 0.750. The maximum atomic E-state index is 11.8. The van der Waals surface area contributed by atoms with Crippen LogP contribution in [-0.4, -0.2) is 53.9 Å². The number of ketones is 1. The van der Waals surface area contributed by atoms with Gasteiger partial charge in [-0.25, -0.2) is 4.98 Å². The Bertz CT molecular complexity index is 1810. The number of hydrogen-bond acceptors (Lipinski definition) is 7. The Morgan fingerprint density at radius 2 is 1.95 bits per heavy atom. The van der Waals surface area contributed by atoms with Gasteiger partial charge in [0.25, 0.3) is 0 Å². The van der Waals surface area contributed by atoms with E-state index >= 15 is 0 Å². The quantitative estimate of drug-likeness (QED) is 0.258. The van der Waals surface area contributed by atoms with Gasteiger partial charge >= 0.3 is 0 Å². The number of nitrogens with one attached hydrogen (secondary N) is 2. The average Bonchev–Trinajstić information content (AvgIpc) is 3.74. The van der Waals surface area contributed by atoms with Crippen molar-refractivity contribution < 1.29 is 4.79 Å². The highest BCUT2D eigenvalue weighted by molar-refractivity contribution is 7.17. The third-order valence-electron chi connectivity index (χ3n) is 7.10. The van der Waals surface area contributed by atoms with E-state index in [4.69, 9.17) is 4.98 Å². The molecular weight excluding hydrogens is 494 g/mol. The average molecular weight is 520 g/mol. The Morgan fingerprint density at radius 3 is 2.79 bits per heavy atom. The Labute approximate surface area is 222 Å². The van der Waals surface area contributed by atoms with E-state index in [0.717, 1.165) is 73.8 Å². The molecule has 6 aromatic rings. The number of H-pyrrole nitrogens is 2. The number of nitrogens with zero attached hydrogens (tertiary/aromatic N) is 5. The van der Waals surface area contributed by atoms with Gasteiger partial charge in [-0.2, -0.15) is 5.10 Å². The fourth-order valence-corrected chi connectivity index (χ4v) is 6.11. The summed E-state index contributed by atoms with van der Waals surface area (Å²) < 4.78 is 0. The molecule has 0 aliphatic carbocycles. The van der Waals surface area contributed by atoms with Crippen molar-refractivity contribution in [1.29, 1.82) is 0 Å². The molecule has 0 bridgehead atoms. The zero-order valence-electron chi connectivity index (χ0n) is 20.9. The summed E-state index contributed by atoms with van der Waals surface area (Å²) in [5.41, 5.74) is 7.38. The minimum Gasteiger partial charge on any atom is -0.337 e. The Kier molecular flexibility index (Phi) is 5.60. The number of carbonyl (C=O) groups excluding carboxylic acids is 1. The van der Waals surface area contributed by atoms with Gasteiger partial charge in [-0.15, -0.1) is 11.3 Å². The van der Waals surface area contributed by atoms with Gasteiger partial charge in [-0.3, -0.25) is 24.8 Å². The van der Waals surface area contributed by atoms with Crippen LogP contribution < -0.4 is 0 Å². The van der Waals surface area contributed by atoms with Crippen molar-refractivity contribution in [2.75, 3.05) is 13.1 Å². The van der Waals surface area contributed by atoms with Gasteiger partial charge in [0.15, 0.2) is 11.6 Å². The molecule has 38 heavy (non-hydrogen) atoms. The molecule has 1 aliphatic heterocycles. The molecule has 0 amide bonds. The van der Waals surface area contributed by atoms with Crippen LogP contribution in [0.25, 0.3) is 55.2 Å². The van der Waals surface area contributed by atoms with Crippen molar-refractivity contribution in [1.82, 2.24) is 35.0 Å². The fraction of sp³-hybridized carbons (Fsp3) is 0.207. The molecule has 0 unspecified atom stereocenters. The first-order valence-electron chi connectivity index (χ1n) is 12.7. The molecule has 6 heterocycles. The van der Waals surface area contributed by atoms with E-state index in [0.29, 0.717) is 5.82 Å². The largest absolute Gasteiger partial charge is 0.337 e. The second-order valence-electron chi connectivity index (χ2n) is 9.76. The highest BCUT2D eigenvalue weighted by Crippen LogP contribution is 2.35. The summed E-state index contributed by atoms with van der Waals surface area (Å²) >= 11 is 1.49. The van der Waals surface area contributed by atoms with Crippen LogP contribution in [0.15, 0.2) is 61.1 Å². The first-order chi connectivity index (χ1) is 18.6. The lowest BCUT2D eigenvalue weighted by Crippen LogP contribution is -2.18. The van der Waals surface area contributed by atoms with E-state index in [-0.39, 0.29) is 5.78 Å². The van der Waals surface area contributed by atoms with Gasteiger partial charge in [0, 0.05) is 40.3 Å². The smallest absolute Gasteiger partial charge is 0.169 e. The lowest BCUT2D eigenvalue weighted by Gasteiger charge is -2.14. The first kappa shape index (κ1) is 22.9. The highest BCUT2D eigenvalue weighted by Gasteiger charge is 2.18. The molecule has 1 saturated heterocycles. The molecule has 2 N–H and O–H groups in total. The molecule has 5 aromatic heterocycles. The van der Waals surface area contributed by atoms with Gasteiger partial charge in [0.2, 0.25) is 0 Å². The molecule has 8 nitrogen and oxygen atoms in total. The molecule has 1 fully saturated rings. The van der Waals surface area contributed by atoms with Gasteiger partial charge in [-0.1, -0.05) is 12.1 Å². The molecular formula is C29H25N7OS. The van der Waals surface area contributed by atoms with E-state index < -0.39 is 0 Å². The number of Topliss-reactive ketones (excluding diaryl/α,β-unsaturated/α-hetero) is 1. The molecule has 1 aromatic carbocycles. The van der Waals surface area contributed by atoms with Crippen molar-refractivity contribution in [3.8, 4) is 33.2 Å². The number of aromatic amines is 2. The number of benzene rings is 1. The van der Waals surface area contributed by atoms with Crippen LogP contribution in [0.2, 0.25) is 0 Å². The summed E-state index contributed by atoms with van der Waals surface area (Å²) in [7, 11) is 0. The number of thiophene rings is 1. The first-order valence-corrected chi connectivity index (χ1v) is 13.5. The minimum atomic E-state index is 0.0697. The van der Waals surface area contributed by atoms with Crippen molar-refractivity contribution in [3.05, 3.63) is 71.5 Å². The summed E-state index contributed by atoms with van der Waals surface area (Å²) in [6, 6.07) is 14.1. The normalized spacial score (nSPS) is 14.1. The van der Waals surface area contributed by atoms with E-state index in [2.05, 4.69) is 42.2 Å². The van der Waals surface area contributed by atoms with Crippen molar-refractivity contribution in [2.45, 2.75) is 26.3 Å². The number of rotatable bonds is 6. The maximum Gasteiger partial charge on any atom is 0.169 e. The third kappa shape index (κ3) is 4.09. The second kappa shape index (κ2) is 9.27. The Hall–Kier alpha value is -4.21.